The topological polar surface area (TPSA) is 46.2 Å². The van der Waals surface area contributed by atoms with Crippen LogP contribution in [-0.4, -0.2) is 11.7 Å². The third-order valence-electron chi connectivity index (χ3n) is 1.86. The Balaban J connectivity index is 3.04. The first-order valence-electron chi connectivity index (χ1n) is 4.09. The largest absolute Gasteiger partial charge is 0.388 e. The lowest BCUT2D eigenvalue weighted by Gasteiger charge is -2.11. The van der Waals surface area contributed by atoms with Crippen LogP contribution in [0.4, 0.5) is 8.78 Å². The first-order chi connectivity index (χ1) is 6.57. The molecule has 0 aliphatic carbocycles. The highest BCUT2D eigenvalue weighted by molar-refractivity contribution is 6.30. The molecule has 0 heterocycles. The van der Waals surface area contributed by atoms with Crippen molar-refractivity contribution in [2.45, 2.75) is 12.5 Å². The fourth-order valence-electron chi connectivity index (χ4n) is 1.11. The summed E-state index contributed by atoms with van der Waals surface area (Å²) in [5.41, 5.74) is 5.17. The molecule has 0 radical (unpaired) electrons. The molecule has 14 heavy (non-hydrogen) atoms. The molecule has 0 amide bonds. The van der Waals surface area contributed by atoms with E-state index < -0.39 is 22.8 Å². The van der Waals surface area contributed by atoms with Crippen molar-refractivity contribution in [2.75, 3.05) is 6.54 Å². The summed E-state index contributed by atoms with van der Waals surface area (Å²) in [7, 11) is 0. The zero-order valence-electron chi connectivity index (χ0n) is 7.30. The van der Waals surface area contributed by atoms with Gasteiger partial charge in [-0.05, 0) is 19.0 Å². The minimum atomic E-state index is -1.04. The van der Waals surface area contributed by atoms with Crippen molar-refractivity contribution in [1.82, 2.24) is 0 Å². The molecular weight excluding hydrogens is 212 g/mol. The molecule has 0 spiro atoms. The number of aliphatic hydroxyl groups is 1. The summed E-state index contributed by atoms with van der Waals surface area (Å²) < 4.78 is 26.0. The Bertz CT molecular complexity index is 333. The monoisotopic (exact) mass is 221 g/mol. The van der Waals surface area contributed by atoms with Gasteiger partial charge in [-0.15, -0.1) is 0 Å². The fraction of sp³-hybridized carbons (Fsp3) is 0.333. The average Bonchev–Trinajstić information content (AvgIpc) is 2.15. The van der Waals surface area contributed by atoms with Crippen LogP contribution in [0.25, 0.3) is 0 Å². The second-order valence-corrected chi connectivity index (χ2v) is 3.24. The Morgan fingerprint density at radius 1 is 1.43 bits per heavy atom. The first-order valence-corrected chi connectivity index (χ1v) is 4.47. The molecule has 78 valence electrons. The van der Waals surface area contributed by atoms with Gasteiger partial charge in [0.05, 0.1) is 6.10 Å². The Morgan fingerprint density at radius 3 is 2.64 bits per heavy atom. The molecule has 0 aliphatic rings. The van der Waals surface area contributed by atoms with Gasteiger partial charge < -0.3 is 10.8 Å². The zero-order valence-corrected chi connectivity index (χ0v) is 8.06. The molecule has 2 nitrogen and oxygen atoms in total. The third-order valence-corrected chi connectivity index (χ3v) is 2.21. The highest BCUT2D eigenvalue weighted by Crippen LogP contribution is 2.27. The summed E-state index contributed by atoms with van der Waals surface area (Å²) in [6.45, 7) is 0.218. The van der Waals surface area contributed by atoms with E-state index in [1.54, 1.807) is 0 Å². The normalized spacial score (nSPS) is 12.9. The molecule has 0 fully saturated rings. The lowest BCUT2D eigenvalue weighted by atomic mass is 10.1. The fourth-order valence-corrected chi connectivity index (χ4v) is 1.28. The number of aliphatic hydroxyl groups excluding tert-OH is 1. The van der Waals surface area contributed by atoms with Gasteiger partial charge in [0, 0.05) is 5.56 Å². The third kappa shape index (κ3) is 2.20. The summed E-state index contributed by atoms with van der Waals surface area (Å²) in [4.78, 5) is 0. The predicted octanol–water partition coefficient (Wildman–Crippen LogP) is 2.00. The van der Waals surface area contributed by atoms with Gasteiger partial charge in [0.25, 0.3) is 0 Å². The summed E-state index contributed by atoms with van der Waals surface area (Å²) in [6, 6.07) is 2.18. The van der Waals surface area contributed by atoms with Crippen molar-refractivity contribution in [1.29, 1.82) is 0 Å². The van der Waals surface area contributed by atoms with Crippen molar-refractivity contribution in [3.8, 4) is 0 Å². The molecule has 0 aromatic heterocycles. The predicted molar refractivity (Wildman–Crippen MR) is 50.0 cm³/mol. The molecule has 0 aliphatic heterocycles. The Hall–Kier alpha value is -0.710. The number of halogens is 3. The summed E-state index contributed by atoms with van der Waals surface area (Å²) in [5, 5.41) is 8.82. The molecule has 3 N–H and O–H groups in total. The van der Waals surface area contributed by atoms with E-state index in [2.05, 4.69) is 0 Å². The van der Waals surface area contributed by atoms with Gasteiger partial charge in [-0.2, -0.15) is 0 Å². The van der Waals surface area contributed by atoms with Gasteiger partial charge in [0.1, 0.15) is 10.8 Å². The van der Waals surface area contributed by atoms with Crippen molar-refractivity contribution < 1.29 is 13.9 Å². The van der Waals surface area contributed by atoms with Crippen LogP contribution >= 0.6 is 11.6 Å². The highest BCUT2D eigenvalue weighted by atomic mass is 35.5. The average molecular weight is 222 g/mol. The molecule has 0 saturated heterocycles. The van der Waals surface area contributed by atoms with Gasteiger partial charge in [0.2, 0.25) is 0 Å². The number of hydrogen-bond donors (Lipinski definition) is 2. The summed E-state index contributed by atoms with van der Waals surface area (Å²) in [6.07, 6.45) is -0.836. The van der Waals surface area contributed by atoms with Gasteiger partial charge in [-0.1, -0.05) is 17.7 Å². The van der Waals surface area contributed by atoms with E-state index in [4.69, 9.17) is 17.3 Å². The van der Waals surface area contributed by atoms with E-state index in [1.165, 1.54) is 0 Å². The van der Waals surface area contributed by atoms with Crippen LogP contribution in [0, 0.1) is 11.6 Å². The lowest BCUT2D eigenvalue weighted by molar-refractivity contribution is 0.165. The van der Waals surface area contributed by atoms with Crippen molar-refractivity contribution in [3.05, 3.63) is 34.4 Å². The highest BCUT2D eigenvalue weighted by Gasteiger charge is 2.16. The van der Waals surface area contributed by atoms with Crippen LogP contribution < -0.4 is 5.73 Å². The van der Waals surface area contributed by atoms with E-state index in [0.29, 0.717) is 0 Å². The van der Waals surface area contributed by atoms with Crippen molar-refractivity contribution in [3.63, 3.8) is 0 Å². The SMILES string of the molecule is NCCC(O)c1ccc(F)c(Cl)c1F. The van der Waals surface area contributed by atoms with Gasteiger partial charge >= 0.3 is 0 Å². The number of hydrogen-bond acceptors (Lipinski definition) is 2. The molecule has 0 saturated carbocycles. The molecule has 1 aromatic carbocycles. The zero-order chi connectivity index (χ0) is 10.7. The van der Waals surface area contributed by atoms with E-state index in [-0.39, 0.29) is 18.5 Å². The minimum Gasteiger partial charge on any atom is -0.388 e. The second kappa shape index (κ2) is 4.68. The van der Waals surface area contributed by atoms with Crippen LogP contribution in [0.3, 0.4) is 0 Å². The molecule has 1 aromatic rings. The van der Waals surface area contributed by atoms with Crippen LogP contribution in [-0.2, 0) is 0 Å². The molecule has 1 unspecified atom stereocenters. The molecule has 5 heteroatoms. The summed E-state index contributed by atoms with van der Waals surface area (Å²) in [5.74, 6) is -1.76. The standard InChI is InChI=1S/C9H10ClF2NO/c10-8-6(11)2-1-5(9(8)12)7(14)3-4-13/h1-2,7,14H,3-4,13H2. The van der Waals surface area contributed by atoms with Crippen LogP contribution in [0.2, 0.25) is 5.02 Å². The van der Waals surface area contributed by atoms with Crippen molar-refractivity contribution in [2.24, 2.45) is 5.73 Å². The molecular formula is C9H10ClF2NO. The first kappa shape index (κ1) is 11.4. The van der Waals surface area contributed by atoms with Gasteiger partial charge in [-0.3, -0.25) is 0 Å². The van der Waals surface area contributed by atoms with E-state index in [0.717, 1.165) is 12.1 Å². The van der Waals surface area contributed by atoms with E-state index in [9.17, 15) is 13.9 Å². The van der Waals surface area contributed by atoms with Crippen LogP contribution in [0.15, 0.2) is 12.1 Å². The van der Waals surface area contributed by atoms with Crippen LogP contribution in [0.5, 0.6) is 0 Å². The number of benzene rings is 1. The molecule has 1 rings (SSSR count). The van der Waals surface area contributed by atoms with Gasteiger partial charge in [0.15, 0.2) is 5.82 Å². The van der Waals surface area contributed by atoms with E-state index in [1.807, 2.05) is 0 Å². The maximum Gasteiger partial charge on any atom is 0.150 e. The quantitative estimate of drug-likeness (QED) is 0.767. The molecule has 0 bridgehead atoms. The van der Waals surface area contributed by atoms with Crippen molar-refractivity contribution >= 4 is 11.6 Å². The maximum absolute atomic E-state index is 13.3. The number of nitrogens with two attached hydrogens (primary N) is 1. The maximum atomic E-state index is 13.3. The Labute approximate surface area is 85.3 Å². The molecule has 1 atom stereocenters. The lowest BCUT2D eigenvalue weighted by Crippen LogP contribution is -2.08. The Morgan fingerprint density at radius 2 is 2.07 bits per heavy atom. The van der Waals surface area contributed by atoms with Gasteiger partial charge in [-0.25, -0.2) is 8.78 Å². The smallest absolute Gasteiger partial charge is 0.150 e. The minimum absolute atomic E-state index is 0.0261. The Kier molecular flexibility index (Phi) is 3.80. The van der Waals surface area contributed by atoms with Crippen LogP contribution in [0.1, 0.15) is 18.1 Å². The van der Waals surface area contributed by atoms with E-state index >= 15 is 0 Å². The summed E-state index contributed by atoms with van der Waals surface area (Å²) >= 11 is 5.33. The number of rotatable bonds is 3. The second-order valence-electron chi connectivity index (χ2n) is 2.86.